The lowest BCUT2D eigenvalue weighted by molar-refractivity contribution is 0.253. The van der Waals surface area contributed by atoms with Crippen LogP contribution in [0.25, 0.3) is 0 Å². The van der Waals surface area contributed by atoms with Gasteiger partial charge >= 0.3 is 7.60 Å². The van der Waals surface area contributed by atoms with E-state index in [1.54, 1.807) is 0 Å². The molecular weight excluding hydrogens is 297 g/mol. The van der Waals surface area contributed by atoms with Crippen LogP contribution in [0.3, 0.4) is 0 Å². The molecule has 5 heteroatoms. The van der Waals surface area contributed by atoms with Gasteiger partial charge in [0.15, 0.2) is 0 Å². The molecule has 22 heavy (non-hydrogen) atoms. The van der Waals surface area contributed by atoms with E-state index in [0.717, 1.165) is 11.1 Å². The summed E-state index contributed by atoms with van der Waals surface area (Å²) in [6.45, 7) is 2.85. The summed E-state index contributed by atoms with van der Waals surface area (Å²) in [5, 5.41) is 3.34. The monoisotopic (exact) mass is 317 g/mol. The van der Waals surface area contributed by atoms with E-state index >= 15 is 0 Å². The summed E-state index contributed by atoms with van der Waals surface area (Å²) < 4.78 is 24.2. The summed E-state index contributed by atoms with van der Waals surface area (Å²) in [6.07, 6.45) is -0.143. The molecule has 0 radical (unpaired) electrons. The first-order valence-electron chi connectivity index (χ1n) is 7.42. The average Bonchev–Trinajstić information content (AvgIpc) is 2.89. The second kappa shape index (κ2) is 6.76. The third kappa shape index (κ3) is 3.47. The molecule has 1 aliphatic rings. The molecule has 2 aromatic carbocycles. The highest BCUT2D eigenvalue weighted by molar-refractivity contribution is 7.54. The van der Waals surface area contributed by atoms with Crippen molar-refractivity contribution in [3.05, 3.63) is 71.8 Å². The van der Waals surface area contributed by atoms with Crippen molar-refractivity contribution in [3.8, 4) is 0 Å². The van der Waals surface area contributed by atoms with Crippen LogP contribution in [0, 0.1) is 0 Å². The van der Waals surface area contributed by atoms with Gasteiger partial charge in [0.1, 0.15) is 5.78 Å². The SMILES string of the molecule is C[C@@H]1CO[P@](=O)([C@@H](NCc2ccccc2)c2ccccc2)O1. The van der Waals surface area contributed by atoms with Crippen molar-refractivity contribution < 1.29 is 13.6 Å². The van der Waals surface area contributed by atoms with Crippen molar-refractivity contribution in [2.75, 3.05) is 6.61 Å². The molecule has 1 aliphatic heterocycles. The quantitative estimate of drug-likeness (QED) is 0.843. The maximum atomic E-state index is 13.0. The lowest BCUT2D eigenvalue weighted by Gasteiger charge is -2.24. The third-order valence-electron chi connectivity index (χ3n) is 3.59. The molecule has 0 aliphatic carbocycles. The van der Waals surface area contributed by atoms with E-state index in [2.05, 4.69) is 5.32 Å². The summed E-state index contributed by atoms with van der Waals surface area (Å²) in [4.78, 5) is 0. The van der Waals surface area contributed by atoms with Crippen LogP contribution in [0.15, 0.2) is 60.7 Å². The molecule has 1 N–H and O–H groups in total. The van der Waals surface area contributed by atoms with Crippen molar-refractivity contribution in [1.82, 2.24) is 5.32 Å². The van der Waals surface area contributed by atoms with E-state index in [4.69, 9.17) is 9.05 Å². The number of rotatable bonds is 5. The largest absolute Gasteiger partial charge is 0.352 e. The first-order valence-corrected chi connectivity index (χ1v) is 9.03. The highest BCUT2D eigenvalue weighted by Gasteiger charge is 2.43. The molecule has 0 aromatic heterocycles. The van der Waals surface area contributed by atoms with Gasteiger partial charge in [-0.1, -0.05) is 60.7 Å². The molecule has 1 fully saturated rings. The molecule has 2 aromatic rings. The average molecular weight is 317 g/mol. The predicted octanol–water partition coefficient (Wildman–Crippen LogP) is 4.10. The molecular formula is C17H20NO3P. The molecule has 1 heterocycles. The van der Waals surface area contributed by atoms with Crippen LogP contribution in [0.4, 0.5) is 0 Å². The Kier molecular flexibility index (Phi) is 4.74. The van der Waals surface area contributed by atoms with Crippen LogP contribution in [-0.4, -0.2) is 12.7 Å². The zero-order chi connectivity index (χ0) is 15.4. The summed E-state index contributed by atoms with van der Waals surface area (Å²) in [7, 11) is -3.21. The van der Waals surface area contributed by atoms with Gasteiger partial charge < -0.3 is 9.05 Å². The summed E-state index contributed by atoms with van der Waals surface area (Å²) in [5.74, 6) is -0.459. The molecule has 0 saturated carbocycles. The predicted molar refractivity (Wildman–Crippen MR) is 86.6 cm³/mol. The molecule has 3 atom stereocenters. The highest BCUT2D eigenvalue weighted by Crippen LogP contribution is 2.63. The molecule has 4 nitrogen and oxygen atoms in total. The van der Waals surface area contributed by atoms with Crippen LogP contribution in [0.2, 0.25) is 0 Å². The number of hydrogen-bond acceptors (Lipinski definition) is 4. The maximum absolute atomic E-state index is 13.0. The van der Waals surface area contributed by atoms with Crippen LogP contribution < -0.4 is 5.32 Å². The number of benzene rings is 2. The van der Waals surface area contributed by atoms with Gasteiger partial charge in [-0.25, -0.2) is 0 Å². The van der Waals surface area contributed by atoms with Crippen LogP contribution in [0.1, 0.15) is 23.8 Å². The van der Waals surface area contributed by atoms with Gasteiger partial charge in [-0.05, 0) is 18.1 Å². The topological polar surface area (TPSA) is 47.6 Å². The van der Waals surface area contributed by atoms with E-state index in [1.807, 2.05) is 67.6 Å². The Morgan fingerprint density at radius 2 is 1.77 bits per heavy atom. The van der Waals surface area contributed by atoms with Crippen LogP contribution >= 0.6 is 7.60 Å². The van der Waals surface area contributed by atoms with Crippen molar-refractivity contribution >= 4 is 7.60 Å². The van der Waals surface area contributed by atoms with Gasteiger partial charge in [0.05, 0.1) is 12.7 Å². The minimum Gasteiger partial charge on any atom is -0.304 e. The molecule has 116 valence electrons. The van der Waals surface area contributed by atoms with E-state index in [1.165, 1.54) is 0 Å². The first kappa shape index (κ1) is 15.4. The van der Waals surface area contributed by atoms with Gasteiger partial charge in [0.25, 0.3) is 0 Å². The second-order valence-corrected chi connectivity index (χ2v) is 7.50. The number of nitrogens with one attached hydrogen (secondary N) is 1. The van der Waals surface area contributed by atoms with Crippen molar-refractivity contribution in [2.24, 2.45) is 0 Å². The van der Waals surface area contributed by atoms with E-state index < -0.39 is 13.4 Å². The molecule has 1 saturated heterocycles. The van der Waals surface area contributed by atoms with Crippen molar-refractivity contribution in [1.29, 1.82) is 0 Å². The van der Waals surface area contributed by atoms with Gasteiger partial charge in [-0.3, -0.25) is 9.88 Å². The Bertz CT molecular complexity index is 647. The fourth-order valence-electron chi connectivity index (χ4n) is 2.51. The Hall–Kier alpha value is -1.45. The Morgan fingerprint density at radius 1 is 1.14 bits per heavy atom. The van der Waals surface area contributed by atoms with Crippen LogP contribution in [-0.2, 0) is 20.2 Å². The molecule has 0 spiro atoms. The zero-order valence-corrected chi connectivity index (χ0v) is 13.4. The number of hydrogen-bond donors (Lipinski definition) is 1. The van der Waals surface area contributed by atoms with E-state index in [9.17, 15) is 4.57 Å². The van der Waals surface area contributed by atoms with E-state index in [0.29, 0.717) is 13.2 Å². The Labute approximate surface area is 131 Å². The van der Waals surface area contributed by atoms with Crippen LogP contribution in [0.5, 0.6) is 0 Å². The first-order chi connectivity index (χ1) is 10.7. The maximum Gasteiger partial charge on any atom is 0.352 e. The fourth-order valence-corrected chi connectivity index (χ4v) is 4.68. The minimum atomic E-state index is -3.21. The van der Waals surface area contributed by atoms with Gasteiger partial charge in [-0.15, -0.1) is 0 Å². The van der Waals surface area contributed by atoms with Gasteiger partial charge in [0.2, 0.25) is 0 Å². The normalized spacial score (nSPS) is 26.0. The Balaban J connectivity index is 1.82. The molecule has 0 amide bonds. The summed E-state index contributed by atoms with van der Waals surface area (Å²) in [5.41, 5.74) is 2.04. The second-order valence-electron chi connectivity index (χ2n) is 5.43. The lowest BCUT2D eigenvalue weighted by Crippen LogP contribution is -2.21. The molecule has 0 unspecified atom stereocenters. The molecule has 3 rings (SSSR count). The highest BCUT2D eigenvalue weighted by atomic mass is 31.2. The third-order valence-corrected chi connectivity index (χ3v) is 5.87. The summed E-state index contributed by atoms with van der Waals surface area (Å²) in [6, 6.07) is 19.7. The van der Waals surface area contributed by atoms with E-state index in [-0.39, 0.29) is 6.10 Å². The van der Waals surface area contributed by atoms with Crippen molar-refractivity contribution in [3.63, 3.8) is 0 Å². The zero-order valence-electron chi connectivity index (χ0n) is 12.5. The lowest BCUT2D eigenvalue weighted by atomic mass is 10.2. The van der Waals surface area contributed by atoms with Crippen molar-refractivity contribution in [2.45, 2.75) is 25.4 Å². The smallest absolute Gasteiger partial charge is 0.304 e. The fraction of sp³-hybridized carbons (Fsp3) is 0.294. The standard InChI is InChI=1S/C17H20NO3P/c1-14-13-20-22(19,21-14)17(16-10-6-3-7-11-16)18-12-15-8-4-2-5-9-15/h2-11,14,17-18H,12-13H2,1H3/t14-,17-,22-/m1/s1. The van der Waals surface area contributed by atoms with Gasteiger partial charge in [0, 0.05) is 6.54 Å². The Morgan fingerprint density at radius 3 is 2.36 bits per heavy atom. The van der Waals surface area contributed by atoms with Gasteiger partial charge in [-0.2, -0.15) is 0 Å². The summed E-state index contributed by atoms with van der Waals surface area (Å²) >= 11 is 0. The molecule has 0 bridgehead atoms. The minimum absolute atomic E-state index is 0.143.